The zero-order valence-electron chi connectivity index (χ0n) is 7.76. The molecule has 1 unspecified atom stereocenters. The fraction of sp³-hybridized carbons (Fsp3) is 0.875. The van der Waals surface area contributed by atoms with Crippen molar-refractivity contribution in [1.82, 2.24) is 0 Å². The second kappa shape index (κ2) is 9.59. The quantitative estimate of drug-likeness (QED) is 0.632. The molecular weight excluding hydrogens is 140 g/mol. The van der Waals surface area contributed by atoms with Crippen LogP contribution in [0.3, 0.4) is 0 Å². The molecule has 4 N–H and O–H groups in total. The van der Waals surface area contributed by atoms with Gasteiger partial charge in [0.2, 0.25) is 0 Å². The summed E-state index contributed by atoms with van der Waals surface area (Å²) >= 11 is 0. The molecule has 0 aliphatic rings. The first-order chi connectivity index (χ1) is 5.08. The lowest BCUT2D eigenvalue weighted by Gasteiger charge is -1.98. The van der Waals surface area contributed by atoms with E-state index in [1.54, 1.807) is 0 Å². The number of carbonyl (C=O) groups is 1. The van der Waals surface area contributed by atoms with Gasteiger partial charge in [0, 0.05) is 0 Å². The zero-order chi connectivity index (χ0) is 9.28. The van der Waals surface area contributed by atoms with Gasteiger partial charge >= 0.3 is 0 Å². The van der Waals surface area contributed by atoms with Gasteiger partial charge in [-0.25, -0.2) is 0 Å². The third kappa shape index (κ3) is 17.7. The fourth-order valence-corrected chi connectivity index (χ4v) is 0.167. The van der Waals surface area contributed by atoms with Crippen molar-refractivity contribution in [2.75, 3.05) is 13.1 Å². The van der Waals surface area contributed by atoms with Crippen LogP contribution in [0.4, 0.5) is 0 Å². The molecule has 0 saturated heterocycles. The second-order valence-electron chi connectivity index (χ2n) is 2.66. The maximum atomic E-state index is 9.69. The van der Waals surface area contributed by atoms with Gasteiger partial charge in [-0.2, -0.15) is 0 Å². The van der Waals surface area contributed by atoms with Gasteiger partial charge in [-0.15, -0.1) is 0 Å². The summed E-state index contributed by atoms with van der Waals surface area (Å²) < 4.78 is 0. The number of nitrogens with two attached hydrogens (primary N) is 2. The van der Waals surface area contributed by atoms with Crippen molar-refractivity contribution in [2.24, 2.45) is 17.4 Å². The van der Waals surface area contributed by atoms with Gasteiger partial charge in [0.05, 0.1) is 6.54 Å². The molecule has 0 amide bonds. The van der Waals surface area contributed by atoms with Gasteiger partial charge in [0.15, 0.2) is 0 Å². The van der Waals surface area contributed by atoms with E-state index >= 15 is 0 Å². The summed E-state index contributed by atoms with van der Waals surface area (Å²) in [5.74, 6) is 0.745. The SMILES string of the molecule is CC(=O)CN.CCC(C)CN. The standard InChI is InChI=1S/C5H13N.C3H7NO/c1-3-5(2)4-6;1-3(5)2-4/h5H,3-4,6H2,1-2H3;2,4H2,1H3. The van der Waals surface area contributed by atoms with Gasteiger partial charge < -0.3 is 11.5 Å². The Morgan fingerprint density at radius 2 is 1.82 bits per heavy atom. The van der Waals surface area contributed by atoms with E-state index in [9.17, 15) is 4.79 Å². The average molecular weight is 160 g/mol. The maximum Gasteiger partial charge on any atom is 0.143 e. The molecule has 68 valence electrons. The van der Waals surface area contributed by atoms with Gasteiger partial charge in [0.25, 0.3) is 0 Å². The smallest absolute Gasteiger partial charge is 0.143 e. The summed E-state index contributed by atoms with van der Waals surface area (Å²) in [6.45, 7) is 6.76. The molecule has 3 heteroatoms. The van der Waals surface area contributed by atoms with E-state index in [1.807, 2.05) is 0 Å². The molecule has 0 spiro atoms. The molecule has 0 saturated carbocycles. The Balaban J connectivity index is 0. The Bertz CT molecular complexity index is 90.1. The average Bonchev–Trinajstić information content (AvgIpc) is 2.04. The minimum Gasteiger partial charge on any atom is -0.330 e. The van der Waals surface area contributed by atoms with Crippen LogP contribution in [0.1, 0.15) is 27.2 Å². The zero-order valence-corrected chi connectivity index (χ0v) is 7.76. The molecule has 0 aliphatic carbocycles. The first-order valence-electron chi connectivity index (χ1n) is 3.98. The van der Waals surface area contributed by atoms with Crippen molar-refractivity contribution in [1.29, 1.82) is 0 Å². The van der Waals surface area contributed by atoms with Crippen LogP contribution >= 0.6 is 0 Å². The van der Waals surface area contributed by atoms with E-state index in [0.717, 1.165) is 6.54 Å². The maximum absolute atomic E-state index is 9.69. The van der Waals surface area contributed by atoms with Crippen LogP contribution in [-0.4, -0.2) is 18.9 Å². The lowest BCUT2D eigenvalue weighted by molar-refractivity contribution is -0.115. The second-order valence-corrected chi connectivity index (χ2v) is 2.66. The van der Waals surface area contributed by atoms with Gasteiger partial charge in [-0.3, -0.25) is 4.79 Å². The molecule has 1 atom stereocenters. The largest absolute Gasteiger partial charge is 0.330 e. The van der Waals surface area contributed by atoms with E-state index in [2.05, 4.69) is 13.8 Å². The van der Waals surface area contributed by atoms with E-state index in [1.165, 1.54) is 13.3 Å². The molecule has 0 aromatic rings. The van der Waals surface area contributed by atoms with E-state index in [4.69, 9.17) is 11.5 Å². The Kier molecular flexibility index (Phi) is 11.5. The summed E-state index contributed by atoms with van der Waals surface area (Å²) in [5.41, 5.74) is 10.1. The molecule has 0 heterocycles. The number of ketones is 1. The van der Waals surface area contributed by atoms with Crippen LogP contribution < -0.4 is 11.5 Å². The molecule has 11 heavy (non-hydrogen) atoms. The predicted molar refractivity (Wildman–Crippen MR) is 48.2 cm³/mol. The summed E-state index contributed by atoms with van der Waals surface area (Å²) in [6, 6.07) is 0. The van der Waals surface area contributed by atoms with Gasteiger partial charge in [-0.1, -0.05) is 20.3 Å². The minimum atomic E-state index is 0.0324. The van der Waals surface area contributed by atoms with E-state index < -0.39 is 0 Å². The molecule has 3 nitrogen and oxygen atoms in total. The van der Waals surface area contributed by atoms with Crippen LogP contribution in [0.15, 0.2) is 0 Å². The molecule has 0 fully saturated rings. The summed E-state index contributed by atoms with van der Waals surface area (Å²) in [7, 11) is 0. The van der Waals surface area contributed by atoms with Crippen LogP contribution in [0.5, 0.6) is 0 Å². The Morgan fingerprint density at radius 3 is 1.82 bits per heavy atom. The fourth-order valence-electron chi connectivity index (χ4n) is 0.167. The van der Waals surface area contributed by atoms with Crippen LogP contribution in [0.25, 0.3) is 0 Å². The van der Waals surface area contributed by atoms with Crippen molar-refractivity contribution in [3.05, 3.63) is 0 Å². The molecule has 0 bridgehead atoms. The van der Waals surface area contributed by atoms with Crippen LogP contribution in [-0.2, 0) is 4.79 Å². The van der Waals surface area contributed by atoms with Crippen molar-refractivity contribution < 1.29 is 4.79 Å². The van der Waals surface area contributed by atoms with E-state index in [0.29, 0.717) is 5.92 Å². The summed E-state index contributed by atoms with van der Waals surface area (Å²) in [6.07, 6.45) is 1.20. The van der Waals surface area contributed by atoms with Gasteiger partial charge in [-0.05, 0) is 19.4 Å². The van der Waals surface area contributed by atoms with Crippen molar-refractivity contribution in [3.8, 4) is 0 Å². The Morgan fingerprint density at radius 1 is 1.45 bits per heavy atom. The van der Waals surface area contributed by atoms with Crippen LogP contribution in [0, 0.1) is 5.92 Å². The lowest BCUT2D eigenvalue weighted by Crippen LogP contribution is -2.08. The molecular formula is C8H20N2O. The number of rotatable bonds is 3. The number of carbonyl (C=O) groups excluding carboxylic acids is 1. The summed E-state index contributed by atoms with van der Waals surface area (Å²) in [4.78, 5) is 9.69. The van der Waals surface area contributed by atoms with Gasteiger partial charge in [0.1, 0.15) is 5.78 Å². The first kappa shape index (κ1) is 13.2. The number of hydrogen-bond donors (Lipinski definition) is 2. The highest BCUT2D eigenvalue weighted by Crippen LogP contribution is 1.93. The summed E-state index contributed by atoms with van der Waals surface area (Å²) in [5, 5.41) is 0. The third-order valence-electron chi connectivity index (χ3n) is 1.39. The normalized spacial score (nSPS) is 11.4. The molecule has 0 aromatic heterocycles. The monoisotopic (exact) mass is 160 g/mol. The molecule has 0 rings (SSSR count). The Hall–Kier alpha value is -0.410. The number of Topliss-reactive ketones (excluding diaryl/α,β-unsaturated/α-hetero) is 1. The highest BCUT2D eigenvalue weighted by atomic mass is 16.1. The first-order valence-corrected chi connectivity index (χ1v) is 3.98. The molecule has 0 aliphatic heterocycles. The van der Waals surface area contributed by atoms with Crippen molar-refractivity contribution >= 4 is 5.78 Å². The molecule has 0 radical (unpaired) electrons. The Labute approximate surface area is 69.1 Å². The lowest BCUT2D eigenvalue weighted by atomic mass is 10.1. The molecule has 0 aromatic carbocycles. The third-order valence-corrected chi connectivity index (χ3v) is 1.39. The van der Waals surface area contributed by atoms with Crippen molar-refractivity contribution in [2.45, 2.75) is 27.2 Å². The number of hydrogen-bond acceptors (Lipinski definition) is 3. The minimum absolute atomic E-state index is 0.0324. The topological polar surface area (TPSA) is 69.1 Å². The van der Waals surface area contributed by atoms with E-state index in [-0.39, 0.29) is 12.3 Å². The highest BCUT2D eigenvalue weighted by molar-refractivity contribution is 5.77. The van der Waals surface area contributed by atoms with Crippen LogP contribution in [0.2, 0.25) is 0 Å². The predicted octanol–water partition coefficient (Wildman–Crippen LogP) is 0.525. The highest BCUT2D eigenvalue weighted by Gasteiger charge is 1.88. The van der Waals surface area contributed by atoms with Crippen molar-refractivity contribution in [3.63, 3.8) is 0 Å².